The predicted octanol–water partition coefficient (Wildman–Crippen LogP) is 1.32. The van der Waals surface area contributed by atoms with Crippen molar-refractivity contribution < 1.29 is 9.59 Å². The lowest BCUT2D eigenvalue weighted by atomic mass is 10.4. The van der Waals surface area contributed by atoms with Gasteiger partial charge in [0, 0.05) is 13.1 Å². The molecule has 118 valence electrons. The minimum atomic E-state index is -0.532. The molecule has 0 radical (unpaired) electrons. The van der Waals surface area contributed by atoms with Crippen molar-refractivity contribution in [1.82, 2.24) is 20.2 Å². The van der Waals surface area contributed by atoms with Crippen molar-refractivity contribution in [3.63, 3.8) is 0 Å². The number of rotatable bonds is 4. The van der Waals surface area contributed by atoms with Gasteiger partial charge in [0.15, 0.2) is 5.16 Å². The fourth-order valence-electron chi connectivity index (χ4n) is 1.69. The van der Waals surface area contributed by atoms with Gasteiger partial charge in [0.2, 0.25) is 5.91 Å². The monoisotopic (exact) mass is 340 g/mol. The summed E-state index contributed by atoms with van der Waals surface area (Å²) in [6, 6.07) is 1.18. The zero-order chi connectivity index (χ0) is 16.3. The van der Waals surface area contributed by atoms with Gasteiger partial charge in [0.1, 0.15) is 4.70 Å². The minimum absolute atomic E-state index is 0.00143. The van der Waals surface area contributed by atoms with Gasteiger partial charge < -0.3 is 5.32 Å². The van der Waals surface area contributed by atoms with Gasteiger partial charge in [-0.2, -0.15) is 0 Å². The third-order valence-electron chi connectivity index (χ3n) is 2.65. The third-order valence-corrected chi connectivity index (χ3v) is 4.57. The first kappa shape index (κ1) is 16.5. The standard InChI is InChI=1S/C13H16N4O3S2/c1-7(2)14-12(20)16-9(18)6-22-13-15-8-4-5-21-10(8)11(19)17(13)3/h4-5,7H,6H2,1-3H3,(H2,14,16,18,20). The van der Waals surface area contributed by atoms with Gasteiger partial charge in [-0.25, -0.2) is 9.78 Å². The molecule has 2 heterocycles. The first-order valence-corrected chi connectivity index (χ1v) is 8.42. The summed E-state index contributed by atoms with van der Waals surface area (Å²) in [5.41, 5.74) is 0.481. The predicted molar refractivity (Wildman–Crippen MR) is 87.4 cm³/mol. The maximum absolute atomic E-state index is 12.1. The molecule has 2 rings (SSSR count). The zero-order valence-electron chi connectivity index (χ0n) is 12.4. The topological polar surface area (TPSA) is 93.1 Å². The highest BCUT2D eigenvalue weighted by Crippen LogP contribution is 2.19. The van der Waals surface area contributed by atoms with Crippen LogP contribution in [0.4, 0.5) is 4.79 Å². The van der Waals surface area contributed by atoms with Crippen molar-refractivity contribution in [3.05, 3.63) is 21.8 Å². The van der Waals surface area contributed by atoms with Crippen LogP contribution in [-0.4, -0.2) is 33.3 Å². The van der Waals surface area contributed by atoms with Crippen LogP contribution in [0.15, 0.2) is 21.4 Å². The van der Waals surface area contributed by atoms with E-state index in [0.29, 0.717) is 15.4 Å². The number of thioether (sulfide) groups is 1. The smallest absolute Gasteiger partial charge is 0.321 e. The SMILES string of the molecule is CC(C)NC(=O)NC(=O)CSc1nc2ccsc2c(=O)n1C. The summed E-state index contributed by atoms with van der Waals surface area (Å²) in [5.74, 6) is -0.440. The summed E-state index contributed by atoms with van der Waals surface area (Å²) >= 11 is 2.45. The molecular weight excluding hydrogens is 324 g/mol. The number of hydrogen-bond donors (Lipinski definition) is 2. The van der Waals surface area contributed by atoms with E-state index in [4.69, 9.17) is 0 Å². The maximum atomic E-state index is 12.1. The number of nitrogens with one attached hydrogen (secondary N) is 2. The molecule has 0 aliphatic heterocycles. The Morgan fingerprint density at radius 1 is 1.45 bits per heavy atom. The van der Waals surface area contributed by atoms with E-state index >= 15 is 0 Å². The van der Waals surface area contributed by atoms with E-state index in [-0.39, 0.29) is 17.4 Å². The Bertz CT molecular complexity index is 766. The molecule has 0 spiro atoms. The number of aromatic nitrogens is 2. The van der Waals surface area contributed by atoms with Crippen LogP contribution in [0.2, 0.25) is 0 Å². The largest absolute Gasteiger partial charge is 0.336 e. The van der Waals surface area contributed by atoms with Crippen molar-refractivity contribution in [3.8, 4) is 0 Å². The number of carbonyl (C=O) groups excluding carboxylic acids is 2. The average Bonchev–Trinajstić information content (AvgIpc) is 2.88. The Kier molecular flexibility index (Phi) is 5.19. The van der Waals surface area contributed by atoms with Crippen LogP contribution in [0.1, 0.15) is 13.8 Å². The van der Waals surface area contributed by atoms with Gasteiger partial charge in [-0.3, -0.25) is 19.5 Å². The summed E-state index contributed by atoms with van der Waals surface area (Å²) in [5, 5.41) is 7.03. The Labute approximate surface area is 135 Å². The molecule has 0 fully saturated rings. The molecule has 0 saturated carbocycles. The number of urea groups is 1. The molecule has 2 aromatic rings. The molecular formula is C13H16N4O3S2. The molecule has 0 aliphatic carbocycles. The van der Waals surface area contributed by atoms with E-state index in [0.717, 1.165) is 11.8 Å². The van der Waals surface area contributed by atoms with Gasteiger partial charge in [-0.05, 0) is 25.3 Å². The molecule has 9 heteroatoms. The van der Waals surface area contributed by atoms with Gasteiger partial charge in [0.05, 0.1) is 11.3 Å². The number of fused-ring (bicyclic) bond motifs is 1. The molecule has 0 saturated heterocycles. The van der Waals surface area contributed by atoms with E-state index in [1.165, 1.54) is 15.9 Å². The average molecular weight is 340 g/mol. The molecule has 3 amide bonds. The summed E-state index contributed by atoms with van der Waals surface area (Å²) in [6.45, 7) is 3.60. The summed E-state index contributed by atoms with van der Waals surface area (Å²) in [7, 11) is 1.61. The van der Waals surface area contributed by atoms with Crippen molar-refractivity contribution in [2.75, 3.05) is 5.75 Å². The van der Waals surface area contributed by atoms with Crippen LogP contribution in [-0.2, 0) is 11.8 Å². The lowest BCUT2D eigenvalue weighted by Gasteiger charge is -2.09. The number of thiophene rings is 1. The third kappa shape index (κ3) is 3.86. The van der Waals surface area contributed by atoms with Crippen LogP contribution in [0.3, 0.4) is 0 Å². The molecule has 2 aromatic heterocycles. The van der Waals surface area contributed by atoms with E-state index in [9.17, 15) is 14.4 Å². The summed E-state index contributed by atoms with van der Waals surface area (Å²) in [6.07, 6.45) is 0. The van der Waals surface area contributed by atoms with Crippen molar-refractivity contribution >= 4 is 45.3 Å². The van der Waals surface area contributed by atoms with Crippen LogP contribution < -0.4 is 16.2 Å². The molecule has 0 aromatic carbocycles. The molecule has 2 N–H and O–H groups in total. The normalized spacial score (nSPS) is 10.9. The molecule has 0 bridgehead atoms. The highest BCUT2D eigenvalue weighted by Gasteiger charge is 2.13. The number of imide groups is 1. The molecule has 0 unspecified atom stereocenters. The summed E-state index contributed by atoms with van der Waals surface area (Å²) < 4.78 is 2.00. The van der Waals surface area contributed by atoms with E-state index in [1.54, 1.807) is 32.3 Å². The number of amides is 3. The Morgan fingerprint density at radius 2 is 2.18 bits per heavy atom. The number of hydrogen-bond acceptors (Lipinski definition) is 6. The Morgan fingerprint density at radius 3 is 2.86 bits per heavy atom. The van der Waals surface area contributed by atoms with Gasteiger partial charge >= 0.3 is 6.03 Å². The first-order valence-electron chi connectivity index (χ1n) is 6.56. The number of nitrogens with zero attached hydrogens (tertiary/aromatic N) is 2. The molecule has 0 atom stereocenters. The number of carbonyl (C=O) groups is 2. The first-order chi connectivity index (χ1) is 10.4. The van der Waals surface area contributed by atoms with Gasteiger partial charge in [-0.15, -0.1) is 11.3 Å². The second-order valence-electron chi connectivity index (χ2n) is 4.86. The summed E-state index contributed by atoms with van der Waals surface area (Å²) in [4.78, 5) is 39.6. The van der Waals surface area contributed by atoms with Crippen LogP contribution >= 0.6 is 23.1 Å². The van der Waals surface area contributed by atoms with E-state index in [1.807, 2.05) is 0 Å². The van der Waals surface area contributed by atoms with E-state index in [2.05, 4.69) is 15.6 Å². The maximum Gasteiger partial charge on any atom is 0.321 e. The molecule has 7 nitrogen and oxygen atoms in total. The second-order valence-corrected chi connectivity index (χ2v) is 6.72. The second kappa shape index (κ2) is 6.93. The van der Waals surface area contributed by atoms with Crippen molar-refractivity contribution in [1.29, 1.82) is 0 Å². The molecule has 22 heavy (non-hydrogen) atoms. The lowest BCUT2D eigenvalue weighted by Crippen LogP contribution is -2.43. The zero-order valence-corrected chi connectivity index (χ0v) is 14.0. The van der Waals surface area contributed by atoms with Crippen molar-refractivity contribution in [2.24, 2.45) is 7.05 Å². The van der Waals surface area contributed by atoms with Gasteiger partial charge in [-0.1, -0.05) is 11.8 Å². The van der Waals surface area contributed by atoms with Crippen LogP contribution in [0.5, 0.6) is 0 Å². The fourth-order valence-corrected chi connectivity index (χ4v) is 3.27. The molecule has 0 aliphatic rings. The van der Waals surface area contributed by atoms with Crippen LogP contribution in [0.25, 0.3) is 10.2 Å². The quantitative estimate of drug-likeness (QED) is 0.647. The highest BCUT2D eigenvalue weighted by molar-refractivity contribution is 7.99. The van der Waals surface area contributed by atoms with Crippen LogP contribution in [0, 0.1) is 0 Å². The lowest BCUT2D eigenvalue weighted by molar-refractivity contribution is -0.117. The minimum Gasteiger partial charge on any atom is -0.336 e. The Balaban J connectivity index is 2.02. The van der Waals surface area contributed by atoms with E-state index < -0.39 is 11.9 Å². The fraction of sp³-hybridized carbons (Fsp3) is 0.385. The Hall–Kier alpha value is -1.87. The highest BCUT2D eigenvalue weighted by atomic mass is 32.2. The van der Waals surface area contributed by atoms with Crippen molar-refractivity contribution in [2.45, 2.75) is 25.0 Å². The van der Waals surface area contributed by atoms with Gasteiger partial charge in [0.25, 0.3) is 5.56 Å².